The minimum Gasteiger partial charge on any atom is -0.489 e. The zero-order chi connectivity index (χ0) is 15.4. The van der Waals surface area contributed by atoms with Crippen molar-refractivity contribution in [1.29, 1.82) is 5.41 Å². The number of para-hydroxylation sites is 1. The fourth-order valence-corrected chi connectivity index (χ4v) is 2.17. The molecule has 4 heteroatoms. The standard InChI is InChI=1S/C17H19FN2O/c1-11(2)14-5-3-4-6-16(14)21-10-12-7-8-13(18)9-15(12)17(19)20/h3-9,11H,10H2,1-2H3,(H3,19,20). The van der Waals surface area contributed by atoms with E-state index in [1.807, 2.05) is 24.3 Å². The molecular weight excluding hydrogens is 267 g/mol. The summed E-state index contributed by atoms with van der Waals surface area (Å²) >= 11 is 0. The quantitative estimate of drug-likeness (QED) is 0.648. The van der Waals surface area contributed by atoms with Gasteiger partial charge in [0.25, 0.3) is 0 Å². The Kier molecular flexibility index (Phi) is 4.58. The van der Waals surface area contributed by atoms with Gasteiger partial charge in [0.15, 0.2) is 0 Å². The fraction of sp³-hybridized carbons (Fsp3) is 0.235. The Morgan fingerprint density at radius 2 is 1.95 bits per heavy atom. The first-order valence-electron chi connectivity index (χ1n) is 6.83. The van der Waals surface area contributed by atoms with E-state index in [9.17, 15) is 4.39 Å². The van der Waals surface area contributed by atoms with Gasteiger partial charge >= 0.3 is 0 Å². The predicted octanol–water partition coefficient (Wildman–Crippen LogP) is 3.81. The molecule has 0 amide bonds. The highest BCUT2D eigenvalue weighted by molar-refractivity contribution is 5.96. The van der Waals surface area contributed by atoms with Crippen molar-refractivity contribution in [2.75, 3.05) is 0 Å². The van der Waals surface area contributed by atoms with Crippen LogP contribution in [0, 0.1) is 11.2 Å². The number of nitrogen functional groups attached to an aromatic ring is 1. The second kappa shape index (κ2) is 6.39. The van der Waals surface area contributed by atoms with Crippen LogP contribution >= 0.6 is 0 Å². The molecule has 0 aliphatic carbocycles. The molecule has 0 heterocycles. The van der Waals surface area contributed by atoms with Crippen molar-refractivity contribution >= 4 is 5.84 Å². The van der Waals surface area contributed by atoms with E-state index < -0.39 is 5.82 Å². The number of benzene rings is 2. The van der Waals surface area contributed by atoms with Crippen molar-refractivity contribution in [3.63, 3.8) is 0 Å². The average molecular weight is 286 g/mol. The van der Waals surface area contributed by atoms with E-state index in [2.05, 4.69) is 13.8 Å². The van der Waals surface area contributed by atoms with Crippen molar-refractivity contribution in [1.82, 2.24) is 0 Å². The van der Waals surface area contributed by atoms with E-state index in [-0.39, 0.29) is 12.4 Å². The molecule has 2 aromatic rings. The highest BCUT2D eigenvalue weighted by Gasteiger charge is 2.10. The summed E-state index contributed by atoms with van der Waals surface area (Å²) in [6.45, 7) is 4.45. The molecule has 0 aliphatic rings. The summed E-state index contributed by atoms with van der Waals surface area (Å²) in [4.78, 5) is 0. The lowest BCUT2D eigenvalue weighted by atomic mass is 10.0. The van der Waals surface area contributed by atoms with Gasteiger partial charge in [-0.25, -0.2) is 4.39 Å². The SMILES string of the molecule is CC(C)c1ccccc1OCc1ccc(F)cc1C(=N)N. The van der Waals surface area contributed by atoms with Crippen LogP contribution in [0.2, 0.25) is 0 Å². The van der Waals surface area contributed by atoms with Crippen LogP contribution < -0.4 is 10.5 Å². The third-order valence-corrected chi connectivity index (χ3v) is 3.29. The van der Waals surface area contributed by atoms with E-state index >= 15 is 0 Å². The molecule has 2 rings (SSSR count). The summed E-state index contributed by atoms with van der Waals surface area (Å²) in [6, 6.07) is 12.0. The molecule has 0 atom stereocenters. The Labute approximate surface area is 124 Å². The largest absolute Gasteiger partial charge is 0.489 e. The van der Waals surface area contributed by atoms with Crippen LogP contribution in [0.3, 0.4) is 0 Å². The third-order valence-electron chi connectivity index (χ3n) is 3.29. The lowest BCUT2D eigenvalue weighted by molar-refractivity contribution is 0.301. The molecule has 0 aliphatic heterocycles. The minimum absolute atomic E-state index is 0.162. The smallest absolute Gasteiger partial charge is 0.123 e. The molecule has 2 aromatic carbocycles. The number of hydrogen-bond donors (Lipinski definition) is 2. The van der Waals surface area contributed by atoms with Crippen molar-refractivity contribution in [3.8, 4) is 5.75 Å². The topological polar surface area (TPSA) is 59.1 Å². The van der Waals surface area contributed by atoms with Crippen LogP contribution in [0.25, 0.3) is 0 Å². The van der Waals surface area contributed by atoms with E-state index in [0.717, 1.165) is 11.3 Å². The molecule has 0 radical (unpaired) electrons. The molecule has 0 fully saturated rings. The van der Waals surface area contributed by atoms with Gasteiger partial charge in [0.05, 0.1) is 0 Å². The number of amidine groups is 1. The summed E-state index contributed by atoms with van der Waals surface area (Å²) in [5, 5.41) is 7.52. The Morgan fingerprint density at radius 1 is 1.24 bits per heavy atom. The van der Waals surface area contributed by atoms with Crippen LogP contribution in [0.5, 0.6) is 5.75 Å². The number of nitrogens with two attached hydrogens (primary N) is 1. The van der Waals surface area contributed by atoms with Crippen molar-refractivity contribution in [3.05, 3.63) is 65.0 Å². The molecule has 0 saturated carbocycles. The highest BCUT2D eigenvalue weighted by atomic mass is 19.1. The van der Waals surface area contributed by atoms with Crippen molar-refractivity contribution in [2.24, 2.45) is 5.73 Å². The minimum atomic E-state index is -0.411. The predicted molar refractivity (Wildman–Crippen MR) is 82.3 cm³/mol. The van der Waals surface area contributed by atoms with Gasteiger partial charge < -0.3 is 10.5 Å². The Morgan fingerprint density at radius 3 is 2.62 bits per heavy atom. The molecule has 0 saturated heterocycles. The second-order valence-electron chi connectivity index (χ2n) is 5.20. The average Bonchev–Trinajstić information content (AvgIpc) is 2.46. The molecule has 0 unspecified atom stereocenters. The highest BCUT2D eigenvalue weighted by Crippen LogP contribution is 2.27. The Hall–Kier alpha value is -2.36. The summed E-state index contributed by atoms with van der Waals surface area (Å²) in [7, 11) is 0. The van der Waals surface area contributed by atoms with Gasteiger partial charge in [-0.2, -0.15) is 0 Å². The maximum atomic E-state index is 13.2. The Balaban J connectivity index is 2.23. The van der Waals surface area contributed by atoms with Crippen LogP contribution in [-0.4, -0.2) is 5.84 Å². The van der Waals surface area contributed by atoms with Gasteiger partial charge in [-0.15, -0.1) is 0 Å². The van der Waals surface area contributed by atoms with Crippen LogP contribution in [-0.2, 0) is 6.61 Å². The zero-order valence-electron chi connectivity index (χ0n) is 12.2. The second-order valence-corrected chi connectivity index (χ2v) is 5.20. The summed E-state index contributed by atoms with van der Waals surface area (Å²) < 4.78 is 19.1. The number of hydrogen-bond acceptors (Lipinski definition) is 2. The maximum Gasteiger partial charge on any atom is 0.123 e. The lowest BCUT2D eigenvalue weighted by Crippen LogP contribution is -2.15. The summed E-state index contributed by atoms with van der Waals surface area (Å²) in [5.41, 5.74) is 7.68. The van der Waals surface area contributed by atoms with Gasteiger partial charge in [-0.1, -0.05) is 38.1 Å². The van der Waals surface area contributed by atoms with Gasteiger partial charge in [0, 0.05) is 11.1 Å². The summed E-state index contributed by atoms with van der Waals surface area (Å²) in [6.07, 6.45) is 0. The van der Waals surface area contributed by atoms with E-state index in [0.29, 0.717) is 17.0 Å². The molecule has 3 N–H and O–H groups in total. The molecule has 21 heavy (non-hydrogen) atoms. The normalized spacial score (nSPS) is 10.7. The molecule has 0 spiro atoms. The molecule has 110 valence electrons. The van der Waals surface area contributed by atoms with E-state index in [4.69, 9.17) is 15.9 Å². The molecule has 3 nitrogen and oxygen atoms in total. The number of nitrogens with one attached hydrogen (secondary N) is 1. The molecule has 0 aromatic heterocycles. The first kappa shape index (κ1) is 15.0. The zero-order valence-corrected chi connectivity index (χ0v) is 12.2. The summed E-state index contributed by atoms with van der Waals surface area (Å²) in [5.74, 6) is 0.574. The van der Waals surface area contributed by atoms with Gasteiger partial charge in [0.1, 0.15) is 24.0 Å². The number of halogens is 1. The number of ether oxygens (including phenoxy) is 1. The maximum absolute atomic E-state index is 13.2. The van der Waals surface area contributed by atoms with E-state index in [1.165, 1.54) is 12.1 Å². The lowest BCUT2D eigenvalue weighted by Gasteiger charge is -2.15. The van der Waals surface area contributed by atoms with Crippen molar-refractivity contribution in [2.45, 2.75) is 26.4 Å². The monoisotopic (exact) mass is 286 g/mol. The Bertz CT molecular complexity index is 653. The van der Waals surface area contributed by atoms with Gasteiger partial charge in [0.2, 0.25) is 0 Å². The molecular formula is C17H19FN2O. The van der Waals surface area contributed by atoms with Crippen LogP contribution in [0.15, 0.2) is 42.5 Å². The number of rotatable bonds is 5. The van der Waals surface area contributed by atoms with Gasteiger partial charge in [-0.3, -0.25) is 5.41 Å². The van der Waals surface area contributed by atoms with Crippen molar-refractivity contribution < 1.29 is 9.13 Å². The van der Waals surface area contributed by atoms with Gasteiger partial charge in [-0.05, 0) is 29.7 Å². The first-order chi connectivity index (χ1) is 9.99. The fourth-order valence-electron chi connectivity index (χ4n) is 2.17. The van der Waals surface area contributed by atoms with Crippen LogP contribution in [0.1, 0.15) is 36.5 Å². The van der Waals surface area contributed by atoms with Crippen LogP contribution in [0.4, 0.5) is 4.39 Å². The third kappa shape index (κ3) is 3.60. The molecule has 0 bridgehead atoms. The first-order valence-corrected chi connectivity index (χ1v) is 6.83. The van der Waals surface area contributed by atoms with E-state index in [1.54, 1.807) is 6.07 Å².